The van der Waals surface area contributed by atoms with Gasteiger partial charge in [0.05, 0.1) is 6.42 Å². The molecule has 0 saturated carbocycles. The molecule has 20 heavy (non-hydrogen) atoms. The number of aliphatic carboxylic acids is 1. The Hall–Kier alpha value is -2.04. The van der Waals surface area contributed by atoms with Crippen LogP contribution < -0.4 is 5.32 Å². The van der Waals surface area contributed by atoms with Crippen molar-refractivity contribution in [2.45, 2.75) is 38.6 Å². The van der Waals surface area contributed by atoms with E-state index in [4.69, 9.17) is 5.11 Å². The standard InChI is InChI=1S/C15H20N2O3/c1-11-5-2-3-8-17(11)15(20)16-13-7-4-6-12(9-13)10-14(18)19/h4,6-7,9,11H,2-3,5,8,10H2,1H3,(H,16,20)(H,18,19). The largest absolute Gasteiger partial charge is 0.481 e. The number of carbonyl (C=O) groups excluding carboxylic acids is 1. The Bertz CT molecular complexity index is 502. The Balaban J connectivity index is 2.01. The van der Waals surface area contributed by atoms with Crippen LogP contribution in [-0.2, 0) is 11.2 Å². The predicted molar refractivity (Wildman–Crippen MR) is 76.8 cm³/mol. The lowest BCUT2D eigenvalue weighted by atomic mass is 10.0. The van der Waals surface area contributed by atoms with Crippen LogP contribution in [0.2, 0.25) is 0 Å². The number of amides is 2. The SMILES string of the molecule is CC1CCCCN1C(=O)Nc1cccc(CC(=O)O)c1. The zero-order valence-electron chi connectivity index (χ0n) is 11.6. The first-order chi connectivity index (χ1) is 9.56. The molecule has 1 aromatic rings. The summed E-state index contributed by atoms with van der Waals surface area (Å²) < 4.78 is 0. The monoisotopic (exact) mass is 276 g/mol. The van der Waals surface area contributed by atoms with Crippen LogP contribution in [0, 0.1) is 0 Å². The number of carbonyl (C=O) groups is 2. The fourth-order valence-electron chi connectivity index (χ4n) is 2.53. The number of nitrogens with one attached hydrogen (secondary N) is 1. The zero-order valence-corrected chi connectivity index (χ0v) is 11.6. The summed E-state index contributed by atoms with van der Waals surface area (Å²) in [6.07, 6.45) is 3.20. The molecule has 1 saturated heterocycles. The lowest BCUT2D eigenvalue weighted by Gasteiger charge is -2.33. The van der Waals surface area contributed by atoms with Crippen molar-refractivity contribution < 1.29 is 14.7 Å². The number of nitrogens with zero attached hydrogens (tertiary/aromatic N) is 1. The summed E-state index contributed by atoms with van der Waals surface area (Å²) >= 11 is 0. The summed E-state index contributed by atoms with van der Waals surface area (Å²) in [5.41, 5.74) is 1.33. The maximum absolute atomic E-state index is 12.2. The molecule has 5 nitrogen and oxygen atoms in total. The molecule has 5 heteroatoms. The second-order valence-corrected chi connectivity index (χ2v) is 5.24. The number of anilines is 1. The summed E-state index contributed by atoms with van der Waals surface area (Å²) in [7, 11) is 0. The quantitative estimate of drug-likeness (QED) is 0.891. The molecule has 1 atom stereocenters. The van der Waals surface area contributed by atoms with Crippen molar-refractivity contribution in [3.05, 3.63) is 29.8 Å². The molecule has 2 rings (SSSR count). The molecule has 0 aliphatic carbocycles. The van der Waals surface area contributed by atoms with Crippen LogP contribution in [0.4, 0.5) is 10.5 Å². The van der Waals surface area contributed by atoms with Crippen molar-refractivity contribution in [3.8, 4) is 0 Å². The van der Waals surface area contributed by atoms with E-state index >= 15 is 0 Å². The van der Waals surface area contributed by atoms with Gasteiger partial charge in [-0.25, -0.2) is 4.79 Å². The number of benzene rings is 1. The number of carboxylic acid groups (broad SMARTS) is 1. The van der Waals surface area contributed by atoms with E-state index in [2.05, 4.69) is 12.2 Å². The average Bonchev–Trinajstić information content (AvgIpc) is 2.38. The molecule has 108 valence electrons. The van der Waals surface area contributed by atoms with Crippen molar-refractivity contribution >= 4 is 17.7 Å². The van der Waals surface area contributed by atoms with Crippen LogP contribution in [0.5, 0.6) is 0 Å². The number of carboxylic acids is 1. The highest BCUT2D eigenvalue weighted by Gasteiger charge is 2.23. The van der Waals surface area contributed by atoms with Gasteiger partial charge in [-0.3, -0.25) is 4.79 Å². The molecule has 2 amide bonds. The molecule has 1 unspecified atom stereocenters. The van der Waals surface area contributed by atoms with E-state index in [1.165, 1.54) is 6.42 Å². The highest BCUT2D eigenvalue weighted by Crippen LogP contribution is 2.18. The number of piperidine rings is 1. The van der Waals surface area contributed by atoms with Crippen molar-refractivity contribution in [3.63, 3.8) is 0 Å². The summed E-state index contributed by atoms with van der Waals surface area (Å²) in [6.45, 7) is 2.83. The summed E-state index contributed by atoms with van der Waals surface area (Å²) in [6, 6.07) is 7.13. The van der Waals surface area contributed by atoms with Gasteiger partial charge in [-0.15, -0.1) is 0 Å². The lowest BCUT2D eigenvalue weighted by Crippen LogP contribution is -2.44. The van der Waals surface area contributed by atoms with E-state index in [0.29, 0.717) is 11.3 Å². The highest BCUT2D eigenvalue weighted by atomic mass is 16.4. The molecule has 0 radical (unpaired) electrons. The Morgan fingerprint density at radius 1 is 1.40 bits per heavy atom. The molecule has 1 aliphatic rings. The minimum Gasteiger partial charge on any atom is -0.481 e. The normalized spacial score (nSPS) is 18.6. The molecular weight excluding hydrogens is 256 g/mol. The summed E-state index contributed by atoms with van der Waals surface area (Å²) in [5.74, 6) is -0.877. The lowest BCUT2D eigenvalue weighted by molar-refractivity contribution is -0.136. The number of rotatable bonds is 3. The van der Waals surface area contributed by atoms with Gasteiger partial charge in [0.25, 0.3) is 0 Å². The van der Waals surface area contributed by atoms with Gasteiger partial charge in [0.2, 0.25) is 0 Å². The van der Waals surface area contributed by atoms with Gasteiger partial charge in [0, 0.05) is 18.3 Å². The van der Waals surface area contributed by atoms with E-state index in [9.17, 15) is 9.59 Å². The Morgan fingerprint density at radius 2 is 2.20 bits per heavy atom. The molecular formula is C15H20N2O3. The predicted octanol–water partition coefficient (Wildman–Crippen LogP) is 2.72. The minimum atomic E-state index is -0.877. The van der Waals surface area contributed by atoms with Crippen LogP contribution in [0.3, 0.4) is 0 Å². The third kappa shape index (κ3) is 3.73. The number of likely N-dealkylation sites (tertiary alicyclic amines) is 1. The number of urea groups is 1. The van der Waals surface area contributed by atoms with E-state index in [0.717, 1.165) is 19.4 Å². The van der Waals surface area contributed by atoms with Gasteiger partial charge in [-0.05, 0) is 43.9 Å². The van der Waals surface area contributed by atoms with Crippen molar-refractivity contribution in [1.82, 2.24) is 4.90 Å². The van der Waals surface area contributed by atoms with Crippen molar-refractivity contribution in [2.75, 3.05) is 11.9 Å². The second kappa shape index (κ2) is 6.41. The fraction of sp³-hybridized carbons (Fsp3) is 0.467. The van der Waals surface area contributed by atoms with Crippen LogP contribution in [-0.4, -0.2) is 34.6 Å². The van der Waals surface area contributed by atoms with E-state index < -0.39 is 5.97 Å². The van der Waals surface area contributed by atoms with Crippen LogP contribution in [0.25, 0.3) is 0 Å². The summed E-state index contributed by atoms with van der Waals surface area (Å²) in [5, 5.41) is 11.6. The van der Waals surface area contributed by atoms with Gasteiger partial charge in [0.15, 0.2) is 0 Å². The van der Waals surface area contributed by atoms with E-state index in [-0.39, 0.29) is 18.5 Å². The van der Waals surface area contributed by atoms with E-state index in [1.54, 1.807) is 24.3 Å². The maximum atomic E-state index is 12.2. The topological polar surface area (TPSA) is 69.6 Å². The van der Waals surface area contributed by atoms with Gasteiger partial charge in [-0.2, -0.15) is 0 Å². The molecule has 1 heterocycles. The maximum Gasteiger partial charge on any atom is 0.322 e. The third-order valence-electron chi connectivity index (χ3n) is 3.60. The van der Waals surface area contributed by atoms with Gasteiger partial charge in [0.1, 0.15) is 0 Å². The van der Waals surface area contributed by atoms with Gasteiger partial charge >= 0.3 is 12.0 Å². The molecule has 1 aliphatic heterocycles. The molecule has 0 aromatic heterocycles. The van der Waals surface area contributed by atoms with Crippen LogP contribution in [0.15, 0.2) is 24.3 Å². The fourth-order valence-corrected chi connectivity index (χ4v) is 2.53. The summed E-state index contributed by atoms with van der Waals surface area (Å²) in [4.78, 5) is 24.7. The molecule has 0 bridgehead atoms. The molecule has 2 N–H and O–H groups in total. The van der Waals surface area contributed by atoms with Crippen LogP contribution >= 0.6 is 0 Å². The first kappa shape index (κ1) is 14.4. The minimum absolute atomic E-state index is 0.0379. The van der Waals surface area contributed by atoms with Crippen molar-refractivity contribution in [2.24, 2.45) is 0 Å². The third-order valence-corrected chi connectivity index (χ3v) is 3.60. The highest BCUT2D eigenvalue weighted by molar-refractivity contribution is 5.89. The Morgan fingerprint density at radius 3 is 2.90 bits per heavy atom. The van der Waals surface area contributed by atoms with Crippen LogP contribution in [0.1, 0.15) is 31.7 Å². The number of hydrogen-bond acceptors (Lipinski definition) is 2. The zero-order chi connectivity index (χ0) is 14.5. The average molecular weight is 276 g/mol. The molecule has 0 spiro atoms. The molecule has 1 aromatic carbocycles. The van der Waals surface area contributed by atoms with Gasteiger partial charge < -0.3 is 15.3 Å². The van der Waals surface area contributed by atoms with Gasteiger partial charge in [-0.1, -0.05) is 12.1 Å². The Labute approximate surface area is 118 Å². The Kier molecular flexibility index (Phi) is 4.61. The smallest absolute Gasteiger partial charge is 0.322 e. The first-order valence-electron chi connectivity index (χ1n) is 6.94. The second-order valence-electron chi connectivity index (χ2n) is 5.24. The first-order valence-corrected chi connectivity index (χ1v) is 6.94. The molecule has 1 fully saturated rings. The van der Waals surface area contributed by atoms with E-state index in [1.807, 2.05) is 4.90 Å². The number of hydrogen-bond donors (Lipinski definition) is 2. The van der Waals surface area contributed by atoms with Crippen molar-refractivity contribution in [1.29, 1.82) is 0 Å².